The van der Waals surface area contributed by atoms with E-state index in [2.05, 4.69) is 17.5 Å². The Morgan fingerprint density at radius 2 is 2.15 bits per heavy atom. The molecule has 0 radical (unpaired) electrons. The molecule has 2 N–H and O–H groups in total. The molecule has 1 saturated heterocycles. The summed E-state index contributed by atoms with van der Waals surface area (Å²) >= 11 is 3.70. The molecule has 0 bridgehead atoms. The van der Waals surface area contributed by atoms with Crippen LogP contribution in [0.1, 0.15) is 49.4 Å². The van der Waals surface area contributed by atoms with Gasteiger partial charge < -0.3 is 10.5 Å². The van der Waals surface area contributed by atoms with Crippen molar-refractivity contribution in [3.8, 4) is 0 Å². The fourth-order valence-corrected chi connectivity index (χ4v) is 6.14. The second-order valence-electron chi connectivity index (χ2n) is 6.32. The number of thiophene rings is 2. The van der Waals surface area contributed by atoms with Gasteiger partial charge in [0.15, 0.2) is 0 Å². The Kier molecular flexibility index (Phi) is 3.38. The highest BCUT2D eigenvalue weighted by Crippen LogP contribution is 2.46. The largest absolute Gasteiger partial charge is 0.375 e. The van der Waals surface area contributed by atoms with Crippen LogP contribution in [0.15, 0.2) is 17.5 Å². The van der Waals surface area contributed by atoms with E-state index in [4.69, 9.17) is 10.5 Å². The summed E-state index contributed by atoms with van der Waals surface area (Å²) in [6, 6.07) is 4.72. The molecule has 0 amide bonds. The van der Waals surface area contributed by atoms with Gasteiger partial charge in [0.25, 0.3) is 0 Å². The lowest BCUT2D eigenvalue weighted by molar-refractivity contribution is -0.0962. The Hall–Kier alpha value is -0.420. The normalized spacial score (nSPS) is 27.4. The molecule has 2 fully saturated rings. The standard InChI is InChI=1S/C16H21NOS2/c17-15(14-9-13-12(20-14)4-8-19-13)11-3-7-18-16(10-11)5-1-2-6-16/h4,8-9,11,15H,1-3,5-7,10,17H2. The van der Waals surface area contributed by atoms with Gasteiger partial charge in [0.1, 0.15) is 0 Å². The first kappa shape index (κ1) is 13.3. The second-order valence-corrected chi connectivity index (χ2v) is 8.38. The minimum absolute atomic E-state index is 0.176. The molecule has 4 rings (SSSR count). The van der Waals surface area contributed by atoms with Crippen LogP contribution in [0.25, 0.3) is 9.40 Å². The summed E-state index contributed by atoms with van der Waals surface area (Å²) in [7, 11) is 0. The van der Waals surface area contributed by atoms with Crippen molar-refractivity contribution in [2.75, 3.05) is 6.61 Å². The molecule has 2 aromatic heterocycles. The van der Waals surface area contributed by atoms with Crippen LogP contribution >= 0.6 is 22.7 Å². The Morgan fingerprint density at radius 3 is 2.95 bits per heavy atom. The first-order valence-electron chi connectivity index (χ1n) is 7.62. The molecule has 1 aliphatic carbocycles. The van der Waals surface area contributed by atoms with Crippen molar-refractivity contribution in [1.82, 2.24) is 0 Å². The van der Waals surface area contributed by atoms with Crippen molar-refractivity contribution in [3.63, 3.8) is 0 Å². The molecule has 20 heavy (non-hydrogen) atoms. The molecule has 4 heteroatoms. The molecule has 2 aliphatic rings. The SMILES string of the molecule is NC(c1cc2sccc2s1)C1CCOC2(CCCC2)C1. The minimum Gasteiger partial charge on any atom is -0.375 e. The molecule has 108 valence electrons. The van der Waals surface area contributed by atoms with Gasteiger partial charge in [0, 0.05) is 26.9 Å². The van der Waals surface area contributed by atoms with Crippen LogP contribution < -0.4 is 5.73 Å². The highest BCUT2D eigenvalue weighted by Gasteiger charge is 2.41. The molecule has 1 aliphatic heterocycles. The van der Waals surface area contributed by atoms with E-state index in [1.165, 1.54) is 46.4 Å². The first-order chi connectivity index (χ1) is 9.76. The van der Waals surface area contributed by atoms with Crippen molar-refractivity contribution in [1.29, 1.82) is 0 Å². The third kappa shape index (κ3) is 2.23. The summed E-state index contributed by atoms with van der Waals surface area (Å²) in [5.41, 5.74) is 6.78. The lowest BCUT2D eigenvalue weighted by atomic mass is 9.80. The highest BCUT2D eigenvalue weighted by atomic mass is 32.1. The number of fused-ring (bicyclic) bond motifs is 1. The molecular formula is C16H21NOS2. The minimum atomic E-state index is 0.176. The van der Waals surface area contributed by atoms with E-state index in [9.17, 15) is 0 Å². The fraction of sp³-hybridized carbons (Fsp3) is 0.625. The Morgan fingerprint density at radius 1 is 1.30 bits per heavy atom. The second kappa shape index (κ2) is 5.09. The molecule has 1 spiro atoms. The van der Waals surface area contributed by atoms with Crippen LogP contribution in [0.2, 0.25) is 0 Å². The monoisotopic (exact) mass is 307 g/mol. The maximum Gasteiger partial charge on any atom is 0.0686 e. The van der Waals surface area contributed by atoms with Crippen LogP contribution in [-0.4, -0.2) is 12.2 Å². The predicted octanol–water partition coefficient (Wildman–Crippen LogP) is 4.70. The predicted molar refractivity (Wildman–Crippen MR) is 86.5 cm³/mol. The molecule has 2 unspecified atom stereocenters. The third-order valence-electron chi connectivity index (χ3n) is 5.04. The molecule has 2 aromatic rings. The first-order valence-corrected chi connectivity index (χ1v) is 9.32. The number of hydrogen-bond donors (Lipinski definition) is 1. The number of hydrogen-bond acceptors (Lipinski definition) is 4. The summed E-state index contributed by atoms with van der Waals surface area (Å²) < 4.78 is 8.92. The Labute approximate surface area is 127 Å². The third-order valence-corrected chi connectivity index (χ3v) is 7.24. The van der Waals surface area contributed by atoms with E-state index in [1.807, 2.05) is 22.7 Å². The van der Waals surface area contributed by atoms with E-state index in [1.54, 1.807) is 0 Å². The van der Waals surface area contributed by atoms with Gasteiger partial charge in [0.05, 0.1) is 5.60 Å². The number of rotatable bonds is 2. The molecule has 3 heterocycles. The highest BCUT2D eigenvalue weighted by molar-refractivity contribution is 7.26. The summed E-state index contributed by atoms with van der Waals surface area (Å²) in [6.45, 7) is 0.901. The number of nitrogens with two attached hydrogens (primary N) is 1. The lowest BCUT2D eigenvalue weighted by Gasteiger charge is -2.40. The summed E-state index contributed by atoms with van der Waals surface area (Å²) in [5, 5.41) is 2.17. The van der Waals surface area contributed by atoms with Crippen LogP contribution in [0.5, 0.6) is 0 Å². The number of ether oxygens (including phenoxy) is 1. The molecular weight excluding hydrogens is 286 g/mol. The Bertz CT molecular complexity index is 568. The van der Waals surface area contributed by atoms with Gasteiger partial charge in [-0.1, -0.05) is 12.8 Å². The lowest BCUT2D eigenvalue weighted by Crippen LogP contribution is -2.40. The maximum absolute atomic E-state index is 6.60. The Balaban J connectivity index is 1.55. The zero-order valence-corrected chi connectivity index (χ0v) is 13.3. The van der Waals surface area contributed by atoms with Gasteiger partial charge >= 0.3 is 0 Å². The molecule has 2 atom stereocenters. The van der Waals surface area contributed by atoms with Gasteiger partial charge in [-0.25, -0.2) is 0 Å². The average Bonchev–Trinajstić information content (AvgIpc) is 3.13. The van der Waals surface area contributed by atoms with E-state index >= 15 is 0 Å². The van der Waals surface area contributed by atoms with Gasteiger partial charge in [0.2, 0.25) is 0 Å². The topological polar surface area (TPSA) is 35.2 Å². The van der Waals surface area contributed by atoms with Crippen LogP contribution in [0.4, 0.5) is 0 Å². The smallest absolute Gasteiger partial charge is 0.0686 e. The molecule has 2 nitrogen and oxygen atoms in total. The van der Waals surface area contributed by atoms with Gasteiger partial charge in [-0.15, -0.1) is 22.7 Å². The van der Waals surface area contributed by atoms with Crippen molar-refractivity contribution >= 4 is 32.1 Å². The van der Waals surface area contributed by atoms with Gasteiger partial charge in [-0.3, -0.25) is 0 Å². The molecule has 0 aromatic carbocycles. The zero-order chi connectivity index (χ0) is 13.6. The quantitative estimate of drug-likeness (QED) is 0.872. The van der Waals surface area contributed by atoms with E-state index in [0.717, 1.165) is 13.0 Å². The van der Waals surface area contributed by atoms with E-state index in [0.29, 0.717) is 5.92 Å². The molecule has 1 saturated carbocycles. The fourth-order valence-electron chi connectivity index (χ4n) is 3.92. The summed E-state index contributed by atoms with van der Waals surface area (Å²) in [5.74, 6) is 0.592. The average molecular weight is 307 g/mol. The van der Waals surface area contributed by atoms with Crippen molar-refractivity contribution in [2.45, 2.75) is 50.2 Å². The summed E-state index contributed by atoms with van der Waals surface area (Å²) in [6.07, 6.45) is 7.44. The van der Waals surface area contributed by atoms with Crippen LogP contribution in [0.3, 0.4) is 0 Å². The van der Waals surface area contributed by atoms with Crippen molar-refractivity contribution < 1.29 is 4.74 Å². The van der Waals surface area contributed by atoms with Crippen LogP contribution in [0, 0.1) is 5.92 Å². The van der Waals surface area contributed by atoms with Crippen LogP contribution in [-0.2, 0) is 4.74 Å². The van der Waals surface area contributed by atoms with Gasteiger partial charge in [-0.2, -0.15) is 0 Å². The summed E-state index contributed by atoms with van der Waals surface area (Å²) in [4.78, 5) is 1.37. The zero-order valence-electron chi connectivity index (χ0n) is 11.6. The van der Waals surface area contributed by atoms with E-state index < -0.39 is 0 Å². The maximum atomic E-state index is 6.60. The van der Waals surface area contributed by atoms with Crippen molar-refractivity contribution in [2.24, 2.45) is 11.7 Å². The van der Waals surface area contributed by atoms with E-state index in [-0.39, 0.29) is 11.6 Å². The van der Waals surface area contributed by atoms with Crippen molar-refractivity contribution in [3.05, 3.63) is 22.4 Å². The van der Waals surface area contributed by atoms with Gasteiger partial charge in [-0.05, 0) is 49.1 Å².